The fraction of sp³-hybridized carbons (Fsp3) is 0.353. The minimum atomic E-state index is -0.435. The molecule has 1 aliphatic heterocycles. The average molecular weight is 343 g/mol. The smallest absolute Gasteiger partial charge is 0.254 e. The molecule has 7 nitrogen and oxygen atoms in total. The van der Waals surface area contributed by atoms with Crippen molar-refractivity contribution in [2.45, 2.75) is 25.0 Å². The van der Waals surface area contributed by atoms with Crippen LogP contribution in [0.5, 0.6) is 5.75 Å². The molecule has 0 atom stereocenters. The van der Waals surface area contributed by atoms with Crippen LogP contribution >= 0.6 is 0 Å². The normalized spacial score (nSPS) is 16.7. The van der Waals surface area contributed by atoms with Gasteiger partial charge < -0.3 is 14.6 Å². The van der Waals surface area contributed by atoms with Crippen LogP contribution in [0, 0.1) is 5.82 Å². The summed E-state index contributed by atoms with van der Waals surface area (Å²) in [7, 11) is 0. The zero-order valence-electron chi connectivity index (χ0n) is 13.6. The quantitative estimate of drug-likeness (QED) is 0.764. The second-order valence-electron chi connectivity index (χ2n) is 5.99. The first kappa shape index (κ1) is 15.8. The number of aromatic nitrogens is 4. The lowest BCUT2D eigenvalue weighted by molar-refractivity contribution is 0.172. The molecule has 0 spiro atoms. The molecule has 1 fully saturated rings. The molecule has 0 aliphatic carbocycles. The predicted molar refractivity (Wildman–Crippen MR) is 86.4 cm³/mol. The van der Waals surface area contributed by atoms with E-state index in [1.165, 1.54) is 12.1 Å². The first-order chi connectivity index (χ1) is 12.3. The molecule has 3 heterocycles. The van der Waals surface area contributed by atoms with Crippen molar-refractivity contribution in [3.05, 3.63) is 60.3 Å². The Labute approximate surface area is 143 Å². The molecule has 0 saturated carbocycles. The molecule has 25 heavy (non-hydrogen) atoms. The van der Waals surface area contributed by atoms with Gasteiger partial charge in [0.15, 0.2) is 6.61 Å². The van der Waals surface area contributed by atoms with Crippen LogP contribution in [0.1, 0.15) is 24.6 Å². The molecule has 1 saturated heterocycles. The molecule has 130 valence electrons. The standard InChI is InChI=1S/C17H18FN5O2/c18-13-2-4-14(5-3-13)24-12-15-21-16(25-22-15)17(6-9-19-10-7-17)23-11-1-8-20-23/h1-5,8,11,19H,6-7,9-10,12H2. The van der Waals surface area contributed by atoms with Gasteiger partial charge >= 0.3 is 0 Å². The van der Waals surface area contributed by atoms with E-state index < -0.39 is 5.54 Å². The number of benzene rings is 1. The number of piperidine rings is 1. The highest BCUT2D eigenvalue weighted by molar-refractivity contribution is 5.22. The largest absolute Gasteiger partial charge is 0.485 e. The van der Waals surface area contributed by atoms with Gasteiger partial charge in [0.1, 0.15) is 17.1 Å². The highest BCUT2D eigenvalue weighted by Gasteiger charge is 2.41. The highest BCUT2D eigenvalue weighted by Crippen LogP contribution is 2.33. The molecule has 4 rings (SSSR count). The zero-order chi connectivity index (χ0) is 17.1. The Morgan fingerprint density at radius 3 is 2.76 bits per heavy atom. The molecule has 1 N–H and O–H groups in total. The second-order valence-corrected chi connectivity index (χ2v) is 5.99. The lowest BCUT2D eigenvalue weighted by Crippen LogP contribution is -2.45. The molecule has 1 aliphatic rings. The van der Waals surface area contributed by atoms with Gasteiger partial charge in [-0.3, -0.25) is 4.68 Å². The van der Waals surface area contributed by atoms with Gasteiger partial charge in [-0.2, -0.15) is 10.1 Å². The van der Waals surface area contributed by atoms with Gasteiger partial charge in [0.2, 0.25) is 5.82 Å². The van der Waals surface area contributed by atoms with Gasteiger partial charge in [0, 0.05) is 12.4 Å². The number of hydrogen-bond donors (Lipinski definition) is 1. The van der Waals surface area contributed by atoms with Gasteiger partial charge in [-0.25, -0.2) is 4.39 Å². The van der Waals surface area contributed by atoms with E-state index in [1.807, 2.05) is 16.9 Å². The van der Waals surface area contributed by atoms with Crippen molar-refractivity contribution in [3.8, 4) is 5.75 Å². The summed E-state index contributed by atoms with van der Waals surface area (Å²) in [6.45, 7) is 1.86. The van der Waals surface area contributed by atoms with Crippen LogP contribution in [0.2, 0.25) is 0 Å². The molecule has 0 bridgehead atoms. The van der Waals surface area contributed by atoms with Gasteiger partial charge in [-0.05, 0) is 56.3 Å². The number of hydrogen-bond acceptors (Lipinski definition) is 6. The van der Waals surface area contributed by atoms with E-state index in [-0.39, 0.29) is 12.4 Å². The van der Waals surface area contributed by atoms with E-state index in [0.717, 1.165) is 25.9 Å². The van der Waals surface area contributed by atoms with E-state index in [1.54, 1.807) is 18.3 Å². The topological polar surface area (TPSA) is 78.0 Å². The van der Waals surface area contributed by atoms with Gasteiger partial charge in [0.25, 0.3) is 5.89 Å². The summed E-state index contributed by atoms with van der Waals surface area (Å²) >= 11 is 0. The van der Waals surface area contributed by atoms with E-state index >= 15 is 0 Å². The molecule has 0 radical (unpaired) electrons. The number of rotatable bonds is 5. The fourth-order valence-corrected chi connectivity index (χ4v) is 3.08. The third-order valence-electron chi connectivity index (χ3n) is 4.42. The van der Waals surface area contributed by atoms with E-state index in [0.29, 0.717) is 17.5 Å². The van der Waals surface area contributed by atoms with Crippen molar-refractivity contribution in [1.82, 2.24) is 25.2 Å². The highest BCUT2D eigenvalue weighted by atomic mass is 19.1. The maximum Gasteiger partial charge on any atom is 0.254 e. The monoisotopic (exact) mass is 343 g/mol. The lowest BCUT2D eigenvalue weighted by atomic mass is 9.88. The molecule has 1 aromatic carbocycles. The maximum absolute atomic E-state index is 12.9. The summed E-state index contributed by atoms with van der Waals surface area (Å²) in [4.78, 5) is 4.53. The van der Waals surface area contributed by atoms with Crippen LogP contribution in [0.25, 0.3) is 0 Å². The minimum Gasteiger partial charge on any atom is -0.485 e. The summed E-state index contributed by atoms with van der Waals surface area (Å²) in [5.41, 5.74) is -0.435. The number of halogens is 1. The Morgan fingerprint density at radius 2 is 2.04 bits per heavy atom. The molecule has 0 amide bonds. The van der Waals surface area contributed by atoms with Crippen molar-refractivity contribution >= 4 is 0 Å². The second kappa shape index (κ2) is 6.64. The van der Waals surface area contributed by atoms with Gasteiger partial charge in [0.05, 0.1) is 0 Å². The van der Waals surface area contributed by atoms with Crippen LogP contribution in [0.4, 0.5) is 4.39 Å². The molecular formula is C17H18FN5O2. The Hall–Kier alpha value is -2.74. The Balaban J connectivity index is 1.53. The molecule has 2 aromatic heterocycles. The minimum absolute atomic E-state index is 0.155. The summed E-state index contributed by atoms with van der Waals surface area (Å²) in [6, 6.07) is 7.71. The summed E-state index contributed by atoms with van der Waals surface area (Å²) in [5, 5.41) is 11.8. The zero-order valence-corrected chi connectivity index (χ0v) is 13.6. The summed E-state index contributed by atoms with van der Waals surface area (Å²) < 4.78 is 26.0. The van der Waals surface area contributed by atoms with Crippen LogP contribution < -0.4 is 10.1 Å². The van der Waals surface area contributed by atoms with Crippen LogP contribution in [-0.2, 0) is 12.1 Å². The third kappa shape index (κ3) is 3.12. The van der Waals surface area contributed by atoms with Gasteiger partial charge in [-0.15, -0.1) is 0 Å². The van der Waals surface area contributed by atoms with Crippen molar-refractivity contribution in [1.29, 1.82) is 0 Å². The predicted octanol–water partition coefficient (Wildman–Crippen LogP) is 2.11. The van der Waals surface area contributed by atoms with Crippen molar-refractivity contribution in [2.24, 2.45) is 0 Å². The molecule has 8 heteroatoms. The Bertz CT molecular complexity index is 810. The molecule has 3 aromatic rings. The fourth-order valence-electron chi connectivity index (χ4n) is 3.08. The number of nitrogens with zero attached hydrogens (tertiary/aromatic N) is 4. The van der Waals surface area contributed by atoms with E-state index in [9.17, 15) is 4.39 Å². The first-order valence-electron chi connectivity index (χ1n) is 8.19. The Kier molecular flexibility index (Phi) is 4.19. The number of nitrogens with one attached hydrogen (secondary N) is 1. The SMILES string of the molecule is Fc1ccc(OCc2noc(C3(n4cccn4)CCNCC3)n2)cc1. The molecular weight excluding hydrogens is 325 g/mol. The third-order valence-corrected chi connectivity index (χ3v) is 4.42. The van der Waals surface area contributed by atoms with E-state index in [4.69, 9.17) is 9.26 Å². The summed E-state index contributed by atoms with van der Waals surface area (Å²) in [5.74, 6) is 1.23. The lowest BCUT2D eigenvalue weighted by Gasteiger charge is -2.34. The number of ether oxygens (including phenoxy) is 1. The van der Waals surface area contributed by atoms with E-state index in [2.05, 4.69) is 20.6 Å². The van der Waals surface area contributed by atoms with Crippen molar-refractivity contribution < 1.29 is 13.7 Å². The summed E-state index contributed by atoms with van der Waals surface area (Å²) in [6.07, 6.45) is 5.30. The van der Waals surface area contributed by atoms with Crippen molar-refractivity contribution in [2.75, 3.05) is 13.1 Å². The van der Waals surface area contributed by atoms with Crippen LogP contribution in [0.3, 0.4) is 0 Å². The van der Waals surface area contributed by atoms with Gasteiger partial charge in [-0.1, -0.05) is 5.16 Å². The first-order valence-corrected chi connectivity index (χ1v) is 8.19. The molecule has 0 unspecified atom stereocenters. The average Bonchev–Trinajstić information content (AvgIpc) is 3.34. The van der Waals surface area contributed by atoms with Crippen LogP contribution in [0.15, 0.2) is 47.2 Å². The van der Waals surface area contributed by atoms with Crippen LogP contribution in [-0.4, -0.2) is 33.0 Å². The van der Waals surface area contributed by atoms with Crippen molar-refractivity contribution in [3.63, 3.8) is 0 Å². The Morgan fingerprint density at radius 1 is 1.24 bits per heavy atom. The maximum atomic E-state index is 12.9.